The van der Waals surface area contributed by atoms with Gasteiger partial charge in [0.25, 0.3) is 0 Å². The van der Waals surface area contributed by atoms with Gasteiger partial charge in [-0.1, -0.05) is 0 Å². The van der Waals surface area contributed by atoms with Crippen LogP contribution in [0.25, 0.3) is 0 Å². The fraction of sp³-hybridized carbons (Fsp3) is 1.00. The number of nitrogens with one attached hydrogen (secondary N) is 1. The van der Waals surface area contributed by atoms with Crippen LogP contribution in [0.1, 0.15) is 32.1 Å². The van der Waals surface area contributed by atoms with Crippen molar-refractivity contribution in [1.82, 2.24) is 5.32 Å². The fourth-order valence-corrected chi connectivity index (χ4v) is 3.51. The zero-order valence-corrected chi connectivity index (χ0v) is 11.7. The summed E-state index contributed by atoms with van der Waals surface area (Å²) in [6, 6.07) is 0.0985. The quantitative estimate of drug-likeness (QED) is 0.732. The van der Waals surface area contributed by atoms with Gasteiger partial charge in [0.05, 0.1) is 11.5 Å². The summed E-state index contributed by atoms with van der Waals surface area (Å²) in [7, 11) is -3.58. The number of sulfone groups is 1. The summed E-state index contributed by atoms with van der Waals surface area (Å²) in [6.07, 6.45) is -5.60. The van der Waals surface area contributed by atoms with Gasteiger partial charge in [-0.15, -0.1) is 0 Å². The molecule has 0 aromatic heterocycles. The molecular weight excluding hydrogens is 305 g/mol. The lowest BCUT2D eigenvalue weighted by molar-refractivity contribution is -0.284. The molecule has 20 heavy (non-hydrogen) atoms. The maximum absolute atomic E-state index is 12.6. The van der Waals surface area contributed by atoms with Crippen molar-refractivity contribution in [3.63, 3.8) is 0 Å². The molecule has 120 valence electrons. The lowest BCUT2D eigenvalue weighted by Gasteiger charge is -2.19. The van der Waals surface area contributed by atoms with E-state index in [0.29, 0.717) is 6.42 Å². The summed E-state index contributed by atoms with van der Waals surface area (Å²) in [6.45, 7) is 0.822. The van der Waals surface area contributed by atoms with Gasteiger partial charge in [-0.2, -0.15) is 22.0 Å². The van der Waals surface area contributed by atoms with E-state index >= 15 is 0 Å². The Labute approximate surface area is 114 Å². The normalized spacial score (nSPS) is 21.4. The van der Waals surface area contributed by atoms with E-state index in [1.807, 2.05) is 0 Å². The Bertz CT molecular complexity index is 402. The highest BCUT2D eigenvalue weighted by Gasteiger charge is 2.56. The van der Waals surface area contributed by atoms with Crippen LogP contribution in [0.15, 0.2) is 0 Å². The largest absolute Gasteiger partial charge is 0.453 e. The van der Waals surface area contributed by atoms with Crippen LogP contribution in [-0.2, 0) is 9.84 Å². The molecule has 0 aromatic rings. The van der Waals surface area contributed by atoms with Gasteiger partial charge in [-0.3, -0.25) is 0 Å². The number of hydrogen-bond donors (Lipinski definition) is 1. The summed E-state index contributed by atoms with van der Waals surface area (Å²) in [5.74, 6) is -5.64. The molecule has 0 aliphatic carbocycles. The second kappa shape index (κ2) is 6.55. The van der Waals surface area contributed by atoms with Gasteiger partial charge in [-0.25, -0.2) is 8.42 Å². The average molecular weight is 323 g/mol. The molecule has 1 N–H and O–H groups in total. The topological polar surface area (TPSA) is 46.2 Å². The molecule has 0 aromatic carbocycles. The Hall–Kier alpha value is -0.440. The van der Waals surface area contributed by atoms with Gasteiger partial charge >= 0.3 is 12.1 Å². The Kier molecular flexibility index (Phi) is 5.77. The Morgan fingerprint density at radius 3 is 2.25 bits per heavy atom. The van der Waals surface area contributed by atoms with Crippen molar-refractivity contribution >= 4 is 9.84 Å². The standard InChI is InChI=1S/C11H18F5NO2S/c12-10(13,11(14,15)16)5-2-7-20(18,19)8-4-9-3-1-6-17-9/h9,17H,1-8H2/t9-/m0/s1. The first-order chi connectivity index (χ1) is 9.04. The molecule has 0 radical (unpaired) electrons. The number of alkyl halides is 5. The second-order valence-electron chi connectivity index (χ2n) is 5.04. The summed E-state index contributed by atoms with van der Waals surface area (Å²) >= 11 is 0. The molecule has 0 amide bonds. The van der Waals surface area contributed by atoms with Gasteiger partial charge in [0.2, 0.25) is 0 Å². The maximum Gasteiger partial charge on any atom is 0.453 e. The van der Waals surface area contributed by atoms with E-state index in [9.17, 15) is 30.4 Å². The van der Waals surface area contributed by atoms with Crippen LogP contribution in [0.2, 0.25) is 0 Å². The predicted molar refractivity (Wildman–Crippen MR) is 64.5 cm³/mol. The molecule has 0 bridgehead atoms. The smallest absolute Gasteiger partial charge is 0.314 e. The van der Waals surface area contributed by atoms with Crippen molar-refractivity contribution in [2.45, 2.75) is 50.2 Å². The van der Waals surface area contributed by atoms with Gasteiger partial charge < -0.3 is 5.32 Å². The van der Waals surface area contributed by atoms with Crippen LogP contribution in [0.4, 0.5) is 22.0 Å². The molecule has 0 unspecified atom stereocenters. The lowest BCUT2D eigenvalue weighted by atomic mass is 10.2. The van der Waals surface area contributed by atoms with Crippen molar-refractivity contribution < 1.29 is 30.4 Å². The van der Waals surface area contributed by atoms with Crippen molar-refractivity contribution in [2.75, 3.05) is 18.1 Å². The fourth-order valence-electron chi connectivity index (χ4n) is 2.08. The van der Waals surface area contributed by atoms with E-state index in [2.05, 4.69) is 5.32 Å². The molecule has 0 spiro atoms. The summed E-state index contributed by atoms with van der Waals surface area (Å²) < 4.78 is 84.0. The molecule has 0 saturated carbocycles. The number of hydrogen-bond acceptors (Lipinski definition) is 3. The maximum atomic E-state index is 12.6. The molecule has 1 fully saturated rings. The molecule has 1 heterocycles. The van der Waals surface area contributed by atoms with Crippen LogP contribution in [0.5, 0.6) is 0 Å². The third-order valence-electron chi connectivity index (χ3n) is 3.30. The van der Waals surface area contributed by atoms with Crippen LogP contribution in [-0.4, -0.2) is 44.6 Å². The molecular formula is C11H18F5NO2S. The van der Waals surface area contributed by atoms with Crippen molar-refractivity contribution in [2.24, 2.45) is 0 Å². The first-order valence-corrected chi connectivity index (χ1v) is 8.24. The highest BCUT2D eigenvalue weighted by molar-refractivity contribution is 7.91. The van der Waals surface area contributed by atoms with Crippen molar-refractivity contribution in [3.05, 3.63) is 0 Å². The van der Waals surface area contributed by atoms with Gasteiger partial charge in [0.1, 0.15) is 9.84 Å². The SMILES string of the molecule is O=S(=O)(CCCC(F)(F)C(F)(F)F)CC[C@@H]1CCCN1. The Balaban J connectivity index is 2.32. The minimum Gasteiger partial charge on any atom is -0.314 e. The van der Waals surface area contributed by atoms with Gasteiger partial charge in [0, 0.05) is 12.5 Å². The molecule has 1 rings (SSSR count). The zero-order chi connectivity index (χ0) is 15.4. The number of rotatable bonds is 7. The highest BCUT2D eigenvalue weighted by atomic mass is 32.2. The molecule has 1 saturated heterocycles. The van der Waals surface area contributed by atoms with Crippen molar-refractivity contribution in [3.8, 4) is 0 Å². The Morgan fingerprint density at radius 1 is 1.10 bits per heavy atom. The minimum atomic E-state index is -5.62. The van der Waals surface area contributed by atoms with E-state index in [-0.39, 0.29) is 11.8 Å². The van der Waals surface area contributed by atoms with E-state index in [4.69, 9.17) is 0 Å². The Morgan fingerprint density at radius 2 is 1.75 bits per heavy atom. The minimum absolute atomic E-state index is 0.0985. The van der Waals surface area contributed by atoms with Crippen LogP contribution in [0, 0.1) is 0 Å². The highest BCUT2D eigenvalue weighted by Crippen LogP contribution is 2.38. The average Bonchev–Trinajstić information content (AvgIpc) is 2.77. The first-order valence-electron chi connectivity index (χ1n) is 6.42. The molecule has 3 nitrogen and oxygen atoms in total. The van der Waals surface area contributed by atoms with E-state index in [1.54, 1.807) is 0 Å². The lowest BCUT2D eigenvalue weighted by Crippen LogP contribution is -2.36. The van der Waals surface area contributed by atoms with Crippen LogP contribution < -0.4 is 5.32 Å². The van der Waals surface area contributed by atoms with E-state index in [1.165, 1.54) is 0 Å². The summed E-state index contributed by atoms with van der Waals surface area (Å²) in [5, 5.41) is 3.10. The monoisotopic (exact) mass is 323 g/mol. The third kappa shape index (κ3) is 5.51. The second-order valence-corrected chi connectivity index (χ2v) is 7.34. The molecule has 9 heteroatoms. The van der Waals surface area contributed by atoms with Crippen molar-refractivity contribution in [1.29, 1.82) is 0 Å². The third-order valence-corrected chi connectivity index (χ3v) is 5.07. The number of halogens is 5. The zero-order valence-electron chi connectivity index (χ0n) is 10.8. The first kappa shape index (κ1) is 17.6. The van der Waals surface area contributed by atoms with E-state index < -0.39 is 40.5 Å². The van der Waals surface area contributed by atoms with Crippen LogP contribution >= 0.6 is 0 Å². The molecule has 1 aliphatic rings. The van der Waals surface area contributed by atoms with Crippen LogP contribution in [0.3, 0.4) is 0 Å². The van der Waals surface area contributed by atoms with E-state index in [0.717, 1.165) is 19.4 Å². The predicted octanol–water partition coefficient (Wildman–Crippen LogP) is 2.52. The molecule has 1 atom stereocenters. The molecule has 1 aliphatic heterocycles. The van der Waals surface area contributed by atoms with Gasteiger partial charge in [-0.05, 0) is 32.2 Å². The summed E-state index contributed by atoms with van der Waals surface area (Å²) in [4.78, 5) is 0. The summed E-state index contributed by atoms with van der Waals surface area (Å²) in [5.41, 5.74) is 0. The van der Waals surface area contributed by atoms with Gasteiger partial charge in [0.15, 0.2) is 0 Å².